The minimum Gasteiger partial charge on any atom is -0.462 e. The molecule has 3 N–H and O–H groups in total. The van der Waals surface area contributed by atoms with Crippen molar-refractivity contribution in [2.24, 2.45) is 0 Å². The van der Waals surface area contributed by atoms with Gasteiger partial charge in [0.05, 0.1) is 22.9 Å². The molecule has 0 amide bonds. The van der Waals surface area contributed by atoms with Crippen LogP contribution in [0.5, 0.6) is 0 Å². The Kier molecular flexibility index (Phi) is 5.09. The van der Waals surface area contributed by atoms with Crippen molar-refractivity contribution in [1.82, 2.24) is 0 Å². The fourth-order valence-corrected chi connectivity index (χ4v) is 3.08. The number of hydrogen-bond donors (Lipinski definition) is 2. The Morgan fingerprint density at radius 2 is 2.19 bits per heavy atom. The summed E-state index contributed by atoms with van der Waals surface area (Å²) in [6.07, 6.45) is 0. The smallest absolute Gasteiger partial charge is 0.340 e. The molecule has 4 nitrogen and oxygen atoms in total. The molecule has 0 saturated heterocycles. The van der Waals surface area contributed by atoms with E-state index in [1.165, 1.54) is 11.1 Å². The van der Waals surface area contributed by atoms with Crippen LogP contribution in [-0.2, 0) is 11.3 Å². The molecule has 0 atom stereocenters. The minimum absolute atomic E-state index is 0.300. The second-order valence-electron chi connectivity index (χ2n) is 4.58. The van der Waals surface area contributed by atoms with Crippen LogP contribution in [0.4, 0.5) is 11.4 Å². The standard InChI is InChI=1S/C15H17ClN2O2S/c1-3-20-15(19)12-4-11(17)5-13(16)14(12)18-6-10-8-21-7-9(10)2/h4-5,7-8,18H,3,6,17H2,1-2H3. The highest BCUT2D eigenvalue weighted by atomic mass is 35.5. The lowest BCUT2D eigenvalue weighted by molar-refractivity contribution is 0.0527. The van der Waals surface area contributed by atoms with Crippen LogP contribution in [0.25, 0.3) is 0 Å². The highest BCUT2D eigenvalue weighted by molar-refractivity contribution is 7.08. The number of anilines is 2. The number of aryl methyl sites for hydroxylation is 1. The molecule has 0 aliphatic heterocycles. The van der Waals surface area contributed by atoms with Gasteiger partial charge in [0, 0.05) is 12.2 Å². The van der Waals surface area contributed by atoms with Crippen LogP contribution < -0.4 is 11.1 Å². The summed E-state index contributed by atoms with van der Waals surface area (Å²) in [5.74, 6) is -0.434. The van der Waals surface area contributed by atoms with Gasteiger partial charge in [0.1, 0.15) is 0 Å². The third kappa shape index (κ3) is 3.68. The number of nitrogen functional groups attached to an aromatic ring is 1. The number of carbonyl (C=O) groups excluding carboxylic acids is 1. The normalized spacial score (nSPS) is 10.4. The molecular formula is C15H17ClN2O2S. The zero-order valence-corrected chi connectivity index (χ0v) is 13.5. The first-order valence-electron chi connectivity index (χ1n) is 6.54. The number of ether oxygens (including phenoxy) is 1. The van der Waals surface area contributed by atoms with Crippen molar-refractivity contribution in [1.29, 1.82) is 0 Å². The van der Waals surface area contributed by atoms with E-state index < -0.39 is 5.97 Å². The molecule has 0 spiro atoms. The van der Waals surface area contributed by atoms with Crippen molar-refractivity contribution in [2.45, 2.75) is 20.4 Å². The second kappa shape index (κ2) is 6.83. The van der Waals surface area contributed by atoms with Crippen molar-refractivity contribution >= 4 is 40.3 Å². The maximum atomic E-state index is 12.0. The molecule has 1 aromatic carbocycles. The maximum Gasteiger partial charge on any atom is 0.340 e. The Morgan fingerprint density at radius 3 is 2.81 bits per heavy atom. The number of nitrogens with one attached hydrogen (secondary N) is 1. The number of hydrogen-bond acceptors (Lipinski definition) is 5. The molecule has 0 aliphatic carbocycles. The Bertz CT molecular complexity index is 655. The summed E-state index contributed by atoms with van der Waals surface area (Å²) in [5.41, 5.74) is 9.47. The fraction of sp³-hybridized carbons (Fsp3) is 0.267. The van der Waals surface area contributed by atoms with E-state index >= 15 is 0 Å². The van der Waals surface area contributed by atoms with E-state index in [1.54, 1.807) is 30.4 Å². The first kappa shape index (κ1) is 15.7. The SMILES string of the molecule is CCOC(=O)c1cc(N)cc(Cl)c1NCc1cscc1C. The van der Waals surface area contributed by atoms with Gasteiger partial charge in [-0.25, -0.2) is 4.79 Å². The molecule has 1 aromatic heterocycles. The molecule has 112 valence electrons. The summed E-state index contributed by atoms with van der Waals surface area (Å²) in [7, 11) is 0. The van der Waals surface area contributed by atoms with Gasteiger partial charge in [0.15, 0.2) is 0 Å². The zero-order chi connectivity index (χ0) is 15.4. The lowest BCUT2D eigenvalue weighted by atomic mass is 10.1. The van der Waals surface area contributed by atoms with Crippen LogP contribution in [0.2, 0.25) is 5.02 Å². The van der Waals surface area contributed by atoms with Gasteiger partial charge in [0.25, 0.3) is 0 Å². The van der Waals surface area contributed by atoms with Crippen molar-refractivity contribution in [3.8, 4) is 0 Å². The number of halogens is 1. The van der Waals surface area contributed by atoms with Crippen molar-refractivity contribution in [2.75, 3.05) is 17.7 Å². The molecule has 0 saturated carbocycles. The number of thiophene rings is 1. The van der Waals surface area contributed by atoms with Crippen LogP contribution in [0, 0.1) is 6.92 Å². The number of carbonyl (C=O) groups is 1. The number of esters is 1. The molecule has 0 radical (unpaired) electrons. The first-order valence-corrected chi connectivity index (χ1v) is 7.86. The molecule has 1 heterocycles. The van der Waals surface area contributed by atoms with Gasteiger partial charge < -0.3 is 15.8 Å². The Balaban J connectivity index is 2.28. The molecule has 21 heavy (non-hydrogen) atoms. The van der Waals surface area contributed by atoms with Crippen molar-refractivity contribution in [3.63, 3.8) is 0 Å². The summed E-state index contributed by atoms with van der Waals surface area (Å²) in [6, 6.07) is 3.19. The van der Waals surface area contributed by atoms with E-state index in [-0.39, 0.29) is 0 Å². The predicted molar refractivity (Wildman–Crippen MR) is 88.2 cm³/mol. The van der Waals surface area contributed by atoms with Crippen molar-refractivity contribution in [3.05, 3.63) is 44.6 Å². The Labute approximate surface area is 132 Å². The van der Waals surface area contributed by atoms with E-state index in [2.05, 4.69) is 16.1 Å². The van der Waals surface area contributed by atoms with Gasteiger partial charge in [-0.1, -0.05) is 11.6 Å². The lowest BCUT2D eigenvalue weighted by Crippen LogP contribution is -2.11. The maximum absolute atomic E-state index is 12.0. The van der Waals surface area contributed by atoms with E-state index in [4.69, 9.17) is 22.1 Å². The van der Waals surface area contributed by atoms with Crippen LogP contribution in [0.3, 0.4) is 0 Å². The van der Waals surface area contributed by atoms with E-state index in [9.17, 15) is 4.79 Å². The number of benzene rings is 1. The highest BCUT2D eigenvalue weighted by Gasteiger charge is 2.17. The van der Waals surface area contributed by atoms with Gasteiger partial charge in [-0.05, 0) is 47.9 Å². The Hall–Kier alpha value is -1.72. The van der Waals surface area contributed by atoms with Gasteiger partial charge in [-0.3, -0.25) is 0 Å². The number of rotatable bonds is 5. The molecule has 0 fully saturated rings. The summed E-state index contributed by atoms with van der Waals surface area (Å²) >= 11 is 7.85. The van der Waals surface area contributed by atoms with Crippen LogP contribution >= 0.6 is 22.9 Å². The summed E-state index contributed by atoms with van der Waals surface area (Å²) in [5, 5.41) is 7.76. The quantitative estimate of drug-likeness (QED) is 0.642. The molecule has 2 rings (SSSR count). The van der Waals surface area contributed by atoms with Gasteiger partial charge in [-0.15, -0.1) is 0 Å². The van der Waals surface area contributed by atoms with E-state index in [0.717, 1.165) is 0 Å². The largest absolute Gasteiger partial charge is 0.462 e. The van der Waals surface area contributed by atoms with Crippen LogP contribution in [0.15, 0.2) is 22.9 Å². The van der Waals surface area contributed by atoms with E-state index in [1.807, 2.05) is 6.92 Å². The van der Waals surface area contributed by atoms with Gasteiger partial charge in [-0.2, -0.15) is 11.3 Å². The molecule has 6 heteroatoms. The second-order valence-corrected chi connectivity index (χ2v) is 5.73. The third-order valence-electron chi connectivity index (χ3n) is 3.03. The topological polar surface area (TPSA) is 64.3 Å². The molecule has 0 unspecified atom stereocenters. The van der Waals surface area contributed by atoms with Crippen LogP contribution in [0.1, 0.15) is 28.4 Å². The molecule has 0 aliphatic rings. The highest BCUT2D eigenvalue weighted by Crippen LogP contribution is 2.30. The monoisotopic (exact) mass is 324 g/mol. The summed E-state index contributed by atoms with van der Waals surface area (Å²) in [6.45, 7) is 4.69. The van der Waals surface area contributed by atoms with Crippen LogP contribution in [-0.4, -0.2) is 12.6 Å². The predicted octanol–water partition coefficient (Wildman–Crippen LogP) is 4.08. The fourth-order valence-electron chi connectivity index (χ4n) is 1.93. The average molecular weight is 325 g/mol. The third-order valence-corrected chi connectivity index (χ3v) is 4.23. The number of nitrogens with two attached hydrogens (primary N) is 1. The van der Waals surface area contributed by atoms with E-state index in [0.29, 0.717) is 35.1 Å². The zero-order valence-electron chi connectivity index (χ0n) is 11.9. The van der Waals surface area contributed by atoms with Gasteiger partial charge >= 0.3 is 5.97 Å². The first-order chi connectivity index (χ1) is 10.0. The molecule has 2 aromatic rings. The Morgan fingerprint density at radius 1 is 1.43 bits per heavy atom. The lowest BCUT2D eigenvalue weighted by Gasteiger charge is -2.14. The average Bonchev–Trinajstić information content (AvgIpc) is 2.83. The molecular weight excluding hydrogens is 308 g/mol. The summed E-state index contributed by atoms with van der Waals surface area (Å²) in [4.78, 5) is 12.0. The minimum atomic E-state index is -0.434. The van der Waals surface area contributed by atoms with Crippen molar-refractivity contribution < 1.29 is 9.53 Å². The molecule has 0 bridgehead atoms. The summed E-state index contributed by atoms with van der Waals surface area (Å²) < 4.78 is 5.05. The van der Waals surface area contributed by atoms with Gasteiger partial charge in [0.2, 0.25) is 0 Å².